The van der Waals surface area contributed by atoms with Gasteiger partial charge in [0.1, 0.15) is 6.10 Å². The van der Waals surface area contributed by atoms with E-state index in [0.717, 1.165) is 10.9 Å². The molecule has 2 aromatic rings. The summed E-state index contributed by atoms with van der Waals surface area (Å²) in [6.07, 6.45) is -0.0432. The van der Waals surface area contributed by atoms with Gasteiger partial charge in [-0.05, 0) is 30.0 Å². The lowest BCUT2D eigenvalue weighted by molar-refractivity contribution is -0.119. The predicted molar refractivity (Wildman–Crippen MR) is 77.6 cm³/mol. The number of carbonyl (C=O) groups excluding carboxylic acids is 1. The fraction of sp³-hybridized carbons (Fsp3) is 0.357. The average Bonchev–Trinajstić information content (AvgIpc) is 2.83. The summed E-state index contributed by atoms with van der Waals surface area (Å²) in [5.41, 5.74) is 1.35. The van der Waals surface area contributed by atoms with Crippen molar-refractivity contribution in [1.29, 1.82) is 0 Å². The maximum Gasteiger partial charge on any atom is 0.216 e. The van der Waals surface area contributed by atoms with Crippen LogP contribution in [0.4, 0.5) is 0 Å². The van der Waals surface area contributed by atoms with Gasteiger partial charge in [-0.3, -0.25) is 4.79 Å². The summed E-state index contributed by atoms with van der Waals surface area (Å²) >= 11 is 6.12. The summed E-state index contributed by atoms with van der Waals surface area (Å²) in [7, 11) is 0. The van der Waals surface area contributed by atoms with E-state index in [1.54, 1.807) is 18.3 Å². The lowest BCUT2D eigenvalue weighted by atomic mass is 10.0. The van der Waals surface area contributed by atoms with Gasteiger partial charge < -0.3 is 20.5 Å². The van der Waals surface area contributed by atoms with Crippen molar-refractivity contribution in [3.8, 4) is 0 Å². The molecule has 1 amide bonds. The highest BCUT2D eigenvalue weighted by atomic mass is 35.5. The van der Waals surface area contributed by atoms with Crippen molar-refractivity contribution in [3.63, 3.8) is 0 Å². The fourth-order valence-corrected chi connectivity index (χ4v) is 2.36. The zero-order valence-corrected chi connectivity index (χ0v) is 11.8. The summed E-state index contributed by atoms with van der Waals surface area (Å²) < 4.78 is 0. The van der Waals surface area contributed by atoms with E-state index in [9.17, 15) is 15.0 Å². The number of carbonyl (C=O) groups is 1. The van der Waals surface area contributed by atoms with Gasteiger partial charge in [0.15, 0.2) is 0 Å². The molecule has 0 aliphatic rings. The van der Waals surface area contributed by atoms with Gasteiger partial charge in [0, 0.05) is 35.8 Å². The van der Waals surface area contributed by atoms with Crippen LogP contribution in [0.3, 0.4) is 0 Å². The van der Waals surface area contributed by atoms with E-state index in [-0.39, 0.29) is 12.3 Å². The summed E-state index contributed by atoms with van der Waals surface area (Å²) in [5.74, 6) is -0.168. The lowest BCUT2D eigenvalue weighted by Gasteiger charge is -2.19. The van der Waals surface area contributed by atoms with Gasteiger partial charge in [-0.2, -0.15) is 0 Å². The van der Waals surface area contributed by atoms with Gasteiger partial charge in [0.05, 0.1) is 6.10 Å². The Bertz CT molecular complexity index is 611. The summed E-state index contributed by atoms with van der Waals surface area (Å²) in [6, 6.07) is 5.34. The summed E-state index contributed by atoms with van der Waals surface area (Å²) in [5, 5.41) is 24.0. The molecule has 2 rings (SSSR count). The molecule has 1 heterocycles. The number of fused-ring (bicyclic) bond motifs is 1. The Morgan fingerprint density at radius 3 is 2.90 bits per heavy atom. The molecular weight excluding hydrogens is 280 g/mol. The first kappa shape index (κ1) is 14.8. The minimum absolute atomic E-state index is 0.168. The molecule has 0 saturated carbocycles. The number of aliphatic hydroxyl groups is 2. The first-order valence-corrected chi connectivity index (χ1v) is 6.74. The second-order valence-electron chi connectivity index (χ2n) is 4.72. The molecule has 2 unspecified atom stereocenters. The first-order valence-electron chi connectivity index (χ1n) is 6.36. The van der Waals surface area contributed by atoms with Crippen LogP contribution in [0.25, 0.3) is 10.9 Å². The van der Waals surface area contributed by atoms with E-state index in [4.69, 9.17) is 11.6 Å². The lowest BCUT2D eigenvalue weighted by Crippen LogP contribution is -2.27. The van der Waals surface area contributed by atoms with E-state index in [0.29, 0.717) is 17.1 Å². The standard InChI is InChI=1S/C14H17ClN2O3/c1-8(18)16-5-3-13(19)14(20)10-6-9-2-4-17-12(9)7-11(10)15/h2,4,6-7,13-14,17,19-20H,3,5H2,1H3,(H,16,18). The third kappa shape index (κ3) is 3.30. The van der Waals surface area contributed by atoms with Crippen LogP contribution in [0.5, 0.6) is 0 Å². The molecule has 0 saturated heterocycles. The Morgan fingerprint density at radius 2 is 2.20 bits per heavy atom. The second kappa shape index (κ2) is 6.26. The van der Waals surface area contributed by atoms with Crippen LogP contribution in [0, 0.1) is 0 Å². The molecule has 20 heavy (non-hydrogen) atoms. The molecule has 0 aliphatic heterocycles. The van der Waals surface area contributed by atoms with E-state index in [2.05, 4.69) is 10.3 Å². The molecule has 0 spiro atoms. The zero-order valence-electron chi connectivity index (χ0n) is 11.1. The highest BCUT2D eigenvalue weighted by Crippen LogP contribution is 2.30. The minimum atomic E-state index is -1.09. The number of amides is 1. The minimum Gasteiger partial charge on any atom is -0.390 e. The molecular formula is C14H17ClN2O3. The Kier molecular flexibility index (Phi) is 4.65. The van der Waals surface area contributed by atoms with Crippen LogP contribution in [0.15, 0.2) is 24.4 Å². The van der Waals surface area contributed by atoms with E-state index in [1.165, 1.54) is 6.92 Å². The Labute approximate surface area is 121 Å². The Hall–Kier alpha value is -1.56. The zero-order chi connectivity index (χ0) is 14.7. The van der Waals surface area contributed by atoms with E-state index < -0.39 is 12.2 Å². The first-order chi connectivity index (χ1) is 9.49. The topological polar surface area (TPSA) is 85.3 Å². The number of hydrogen-bond acceptors (Lipinski definition) is 3. The van der Waals surface area contributed by atoms with Gasteiger partial charge in [-0.25, -0.2) is 0 Å². The number of halogens is 1. The quantitative estimate of drug-likeness (QED) is 0.678. The molecule has 0 radical (unpaired) electrons. The highest BCUT2D eigenvalue weighted by molar-refractivity contribution is 6.32. The van der Waals surface area contributed by atoms with Gasteiger partial charge in [-0.1, -0.05) is 11.6 Å². The molecule has 5 nitrogen and oxygen atoms in total. The number of aromatic amines is 1. The molecule has 2 atom stereocenters. The maximum atomic E-state index is 10.8. The average molecular weight is 297 g/mol. The van der Waals surface area contributed by atoms with Gasteiger partial charge in [0.25, 0.3) is 0 Å². The molecule has 0 fully saturated rings. The number of aliphatic hydroxyl groups excluding tert-OH is 2. The maximum absolute atomic E-state index is 10.8. The highest BCUT2D eigenvalue weighted by Gasteiger charge is 2.21. The fourth-order valence-electron chi connectivity index (χ4n) is 2.08. The van der Waals surface area contributed by atoms with E-state index in [1.807, 2.05) is 6.07 Å². The Balaban J connectivity index is 2.11. The van der Waals surface area contributed by atoms with Gasteiger partial charge in [0.2, 0.25) is 5.91 Å². The third-order valence-electron chi connectivity index (χ3n) is 3.17. The predicted octanol–water partition coefficient (Wildman–Crippen LogP) is 1.74. The van der Waals surface area contributed by atoms with Gasteiger partial charge >= 0.3 is 0 Å². The number of H-pyrrole nitrogens is 1. The summed E-state index contributed by atoms with van der Waals surface area (Å²) in [6.45, 7) is 1.71. The molecule has 108 valence electrons. The van der Waals surface area contributed by atoms with Crippen molar-refractivity contribution in [2.75, 3.05) is 6.54 Å². The van der Waals surface area contributed by atoms with Crippen molar-refractivity contribution < 1.29 is 15.0 Å². The molecule has 1 aromatic heterocycles. The molecule has 1 aromatic carbocycles. The van der Waals surface area contributed by atoms with Crippen molar-refractivity contribution >= 4 is 28.4 Å². The molecule has 0 bridgehead atoms. The van der Waals surface area contributed by atoms with Gasteiger partial charge in [-0.15, -0.1) is 0 Å². The largest absolute Gasteiger partial charge is 0.390 e. The number of hydrogen-bond donors (Lipinski definition) is 4. The number of nitrogens with one attached hydrogen (secondary N) is 2. The number of benzene rings is 1. The van der Waals surface area contributed by atoms with Crippen molar-refractivity contribution in [1.82, 2.24) is 10.3 Å². The molecule has 0 aliphatic carbocycles. The normalized spacial score (nSPS) is 14.2. The van der Waals surface area contributed by atoms with Crippen LogP contribution < -0.4 is 5.32 Å². The molecule has 4 N–H and O–H groups in total. The van der Waals surface area contributed by atoms with Crippen molar-refractivity contribution in [3.05, 3.63) is 35.0 Å². The van der Waals surface area contributed by atoms with Crippen LogP contribution in [0.2, 0.25) is 5.02 Å². The number of aromatic nitrogens is 1. The molecule has 6 heteroatoms. The monoisotopic (exact) mass is 296 g/mol. The third-order valence-corrected chi connectivity index (χ3v) is 3.50. The summed E-state index contributed by atoms with van der Waals surface area (Å²) in [4.78, 5) is 13.8. The number of rotatable bonds is 5. The van der Waals surface area contributed by atoms with Crippen LogP contribution >= 0.6 is 11.6 Å². The van der Waals surface area contributed by atoms with Crippen molar-refractivity contribution in [2.24, 2.45) is 0 Å². The SMILES string of the molecule is CC(=O)NCCC(O)C(O)c1cc2cc[nH]c2cc1Cl. The smallest absolute Gasteiger partial charge is 0.216 e. The van der Waals surface area contributed by atoms with E-state index >= 15 is 0 Å². The second-order valence-corrected chi connectivity index (χ2v) is 5.13. The van der Waals surface area contributed by atoms with Crippen LogP contribution in [-0.2, 0) is 4.79 Å². The van der Waals surface area contributed by atoms with Crippen LogP contribution in [0.1, 0.15) is 25.0 Å². The van der Waals surface area contributed by atoms with Crippen molar-refractivity contribution in [2.45, 2.75) is 25.6 Å². The Morgan fingerprint density at radius 1 is 1.45 bits per heavy atom. The van der Waals surface area contributed by atoms with Crippen LogP contribution in [-0.4, -0.2) is 33.8 Å².